The fraction of sp³-hybridized carbons (Fsp3) is 1.00. The van der Waals surface area contributed by atoms with Crippen molar-refractivity contribution in [2.45, 2.75) is 25.7 Å². The minimum absolute atomic E-state index is 0.900. The molecule has 10 heavy (non-hydrogen) atoms. The lowest BCUT2D eigenvalue weighted by molar-refractivity contribution is -0.125. The van der Waals surface area contributed by atoms with E-state index < -0.39 is 0 Å². The van der Waals surface area contributed by atoms with Crippen LogP contribution in [0.2, 0.25) is 0 Å². The van der Waals surface area contributed by atoms with Crippen LogP contribution in [-0.2, 0) is 0 Å². The molecule has 1 nitrogen and oxygen atoms in total. The van der Waals surface area contributed by atoms with Gasteiger partial charge in [-0.1, -0.05) is 0 Å². The average molecular weight is 137 g/mol. The molecule has 1 heteroatoms. The van der Waals surface area contributed by atoms with Gasteiger partial charge in [0, 0.05) is 0 Å². The average Bonchev–Trinajstić information content (AvgIpc) is 1.52. The Labute approximate surface area is 62.2 Å². The third kappa shape index (κ3) is 0.572. The summed E-state index contributed by atoms with van der Waals surface area (Å²) in [6, 6.07) is 0. The standard InChI is InChI=1S/C9H15N/c1-7-2-9(1,3-7)4-8-5-10-6-8/h7-8,10H,1-6H2. The minimum Gasteiger partial charge on any atom is -0.316 e. The second-order valence-electron chi connectivity index (χ2n) is 4.71. The first-order chi connectivity index (χ1) is 4.86. The highest BCUT2D eigenvalue weighted by atomic mass is 14.9. The van der Waals surface area contributed by atoms with E-state index >= 15 is 0 Å². The van der Waals surface area contributed by atoms with Crippen LogP contribution in [0.25, 0.3) is 0 Å². The molecule has 0 radical (unpaired) electrons. The van der Waals surface area contributed by atoms with E-state index in [0.717, 1.165) is 11.3 Å². The van der Waals surface area contributed by atoms with Crippen molar-refractivity contribution in [1.29, 1.82) is 0 Å². The van der Waals surface area contributed by atoms with Gasteiger partial charge >= 0.3 is 0 Å². The molecule has 1 N–H and O–H groups in total. The fourth-order valence-electron chi connectivity index (χ4n) is 3.01. The first-order valence-electron chi connectivity index (χ1n) is 4.57. The molecule has 3 saturated carbocycles. The van der Waals surface area contributed by atoms with Crippen LogP contribution in [-0.4, -0.2) is 13.1 Å². The SMILES string of the molecule is C1NCC1CC12CC(C1)C2. The summed E-state index contributed by atoms with van der Waals surface area (Å²) in [7, 11) is 0. The molecule has 2 bridgehead atoms. The van der Waals surface area contributed by atoms with Crippen LogP contribution in [0.5, 0.6) is 0 Å². The Kier molecular flexibility index (Phi) is 0.883. The van der Waals surface area contributed by atoms with E-state index in [1.54, 1.807) is 25.7 Å². The molecule has 0 unspecified atom stereocenters. The molecule has 1 heterocycles. The van der Waals surface area contributed by atoms with Crippen molar-refractivity contribution >= 4 is 0 Å². The van der Waals surface area contributed by atoms with Gasteiger partial charge in [-0.3, -0.25) is 0 Å². The lowest BCUT2D eigenvalue weighted by atomic mass is 9.42. The fourth-order valence-corrected chi connectivity index (χ4v) is 3.01. The van der Waals surface area contributed by atoms with Crippen molar-refractivity contribution in [2.24, 2.45) is 17.3 Å². The van der Waals surface area contributed by atoms with E-state index in [0.29, 0.717) is 0 Å². The molecule has 4 aliphatic rings. The highest BCUT2D eigenvalue weighted by Crippen LogP contribution is 2.67. The summed E-state index contributed by atoms with van der Waals surface area (Å²) in [6.45, 7) is 2.62. The van der Waals surface area contributed by atoms with Crippen LogP contribution in [0, 0.1) is 17.3 Å². The van der Waals surface area contributed by atoms with E-state index in [4.69, 9.17) is 0 Å². The molecule has 4 rings (SSSR count). The first kappa shape index (κ1) is 5.59. The summed E-state index contributed by atoms with van der Waals surface area (Å²) in [6.07, 6.45) is 6.31. The summed E-state index contributed by atoms with van der Waals surface area (Å²) >= 11 is 0. The Bertz CT molecular complexity index is 143. The maximum Gasteiger partial charge on any atom is -0.000805 e. The lowest BCUT2D eigenvalue weighted by Crippen LogP contribution is -2.56. The molecule has 0 aromatic carbocycles. The molecule has 1 saturated heterocycles. The minimum atomic E-state index is 0.900. The quantitative estimate of drug-likeness (QED) is 0.606. The van der Waals surface area contributed by atoms with Gasteiger partial charge in [0.15, 0.2) is 0 Å². The van der Waals surface area contributed by atoms with Crippen LogP contribution in [0.3, 0.4) is 0 Å². The van der Waals surface area contributed by atoms with Gasteiger partial charge < -0.3 is 5.32 Å². The van der Waals surface area contributed by atoms with Gasteiger partial charge in [-0.05, 0) is 56.0 Å². The van der Waals surface area contributed by atoms with E-state index in [9.17, 15) is 0 Å². The summed E-state index contributed by atoms with van der Waals surface area (Å²) in [5, 5.41) is 3.35. The second kappa shape index (κ2) is 1.58. The van der Waals surface area contributed by atoms with E-state index in [2.05, 4.69) is 5.32 Å². The number of rotatable bonds is 2. The second-order valence-corrected chi connectivity index (χ2v) is 4.71. The van der Waals surface area contributed by atoms with Gasteiger partial charge in [-0.2, -0.15) is 0 Å². The number of nitrogens with one attached hydrogen (secondary N) is 1. The van der Waals surface area contributed by atoms with Gasteiger partial charge in [0.2, 0.25) is 0 Å². The van der Waals surface area contributed by atoms with Crippen molar-refractivity contribution < 1.29 is 0 Å². The summed E-state index contributed by atoms with van der Waals surface area (Å²) in [5.41, 5.74) is 0.900. The predicted octanol–water partition coefficient (Wildman–Crippen LogP) is 1.40. The molecule has 0 spiro atoms. The molecular weight excluding hydrogens is 122 g/mol. The van der Waals surface area contributed by atoms with Crippen molar-refractivity contribution in [3.63, 3.8) is 0 Å². The van der Waals surface area contributed by atoms with Crippen LogP contribution in [0.1, 0.15) is 25.7 Å². The van der Waals surface area contributed by atoms with Gasteiger partial charge in [-0.25, -0.2) is 0 Å². The Morgan fingerprint density at radius 2 is 1.90 bits per heavy atom. The largest absolute Gasteiger partial charge is 0.316 e. The topological polar surface area (TPSA) is 12.0 Å². The molecule has 0 aromatic rings. The Morgan fingerprint density at radius 3 is 2.20 bits per heavy atom. The molecule has 4 fully saturated rings. The maximum atomic E-state index is 3.35. The van der Waals surface area contributed by atoms with Crippen LogP contribution < -0.4 is 5.32 Å². The van der Waals surface area contributed by atoms with Gasteiger partial charge in [0.05, 0.1) is 0 Å². The van der Waals surface area contributed by atoms with Gasteiger partial charge in [-0.15, -0.1) is 0 Å². The van der Waals surface area contributed by atoms with Gasteiger partial charge in [0.1, 0.15) is 0 Å². The van der Waals surface area contributed by atoms with Crippen molar-refractivity contribution in [3.05, 3.63) is 0 Å². The molecule has 0 atom stereocenters. The molecule has 56 valence electrons. The number of hydrogen-bond donors (Lipinski definition) is 1. The molecule has 3 aliphatic carbocycles. The van der Waals surface area contributed by atoms with Crippen molar-refractivity contribution in [1.82, 2.24) is 5.32 Å². The van der Waals surface area contributed by atoms with Crippen LogP contribution >= 0.6 is 0 Å². The zero-order valence-electron chi connectivity index (χ0n) is 6.40. The third-order valence-corrected chi connectivity index (χ3v) is 3.75. The highest BCUT2D eigenvalue weighted by molar-refractivity contribution is 5.07. The third-order valence-electron chi connectivity index (χ3n) is 3.75. The Balaban J connectivity index is 1.58. The molecule has 0 amide bonds. The first-order valence-corrected chi connectivity index (χ1v) is 4.57. The summed E-state index contributed by atoms with van der Waals surface area (Å²) < 4.78 is 0. The number of hydrogen-bond acceptors (Lipinski definition) is 1. The van der Waals surface area contributed by atoms with Crippen LogP contribution in [0.15, 0.2) is 0 Å². The molecule has 0 aromatic heterocycles. The van der Waals surface area contributed by atoms with E-state index in [1.165, 1.54) is 19.0 Å². The van der Waals surface area contributed by atoms with E-state index in [1.807, 2.05) is 0 Å². The molecular formula is C9H15N. The summed E-state index contributed by atoms with van der Waals surface area (Å²) in [4.78, 5) is 0. The van der Waals surface area contributed by atoms with Crippen molar-refractivity contribution in [2.75, 3.05) is 13.1 Å². The monoisotopic (exact) mass is 137 g/mol. The zero-order chi connectivity index (χ0) is 6.60. The maximum absolute atomic E-state index is 3.35. The smallest absolute Gasteiger partial charge is 0.000805 e. The zero-order valence-corrected chi connectivity index (χ0v) is 6.40. The normalized spacial score (nSPS) is 51.0. The van der Waals surface area contributed by atoms with Crippen LogP contribution in [0.4, 0.5) is 0 Å². The Morgan fingerprint density at radius 1 is 1.20 bits per heavy atom. The van der Waals surface area contributed by atoms with Gasteiger partial charge in [0.25, 0.3) is 0 Å². The predicted molar refractivity (Wildman–Crippen MR) is 40.8 cm³/mol. The highest BCUT2D eigenvalue weighted by Gasteiger charge is 2.56. The Hall–Kier alpha value is -0.0400. The van der Waals surface area contributed by atoms with E-state index in [-0.39, 0.29) is 0 Å². The molecule has 1 aliphatic heterocycles. The van der Waals surface area contributed by atoms with Crippen molar-refractivity contribution in [3.8, 4) is 0 Å². The summed E-state index contributed by atoms with van der Waals surface area (Å²) in [5.74, 6) is 2.23. The lowest BCUT2D eigenvalue weighted by Gasteiger charge is -2.63.